The zero-order valence-electron chi connectivity index (χ0n) is 9.94. The van der Waals surface area contributed by atoms with Gasteiger partial charge in [0, 0.05) is 23.5 Å². The van der Waals surface area contributed by atoms with Crippen LogP contribution in [0.15, 0.2) is 30.5 Å². The number of anilines is 1. The Balaban J connectivity index is 1.80. The number of aromatic hydroxyl groups is 1. The van der Waals surface area contributed by atoms with Crippen molar-refractivity contribution in [2.45, 2.75) is 18.2 Å². The van der Waals surface area contributed by atoms with Gasteiger partial charge in [0.05, 0.1) is 0 Å². The van der Waals surface area contributed by atoms with Crippen LogP contribution in [0.5, 0.6) is 5.75 Å². The zero-order valence-corrected chi connectivity index (χ0v) is 10.7. The van der Waals surface area contributed by atoms with E-state index in [9.17, 15) is 5.11 Å². The normalized spacial score (nSPS) is 22.7. The van der Waals surface area contributed by atoms with E-state index in [4.69, 9.17) is 11.6 Å². The molecule has 0 amide bonds. The first kappa shape index (κ1) is 11.6. The molecule has 0 saturated heterocycles. The summed E-state index contributed by atoms with van der Waals surface area (Å²) >= 11 is 5.96. The van der Waals surface area contributed by atoms with Gasteiger partial charge in [-0.2, -0.15) is 0 Å². The van der Waals surface area contributed by atoms with Gasteiger partial charge in [-0.1, -0.05) is 6.07 Å². The summed E-state index contributed by atoms with van der Waals surface area (Å²) in [6, 6.07) is 7.28. The number of aromatic nitrogens is 1. The van der Waals surface area contributed by atoms with Crippen LogP contribution in [0, 0.1) is 5.92 Å². The first-order valence-electron chi connectivity index (χ1n) is 6.18. The van der Waals surface area contributed by atoms with Gasteiger partial charge in [0.25, 0.3) is 0 Å². The van der Waals surface area contributed by atoms with Crippen LogP contribution in [-0.4, -0.2) is 22.0 Å². The van der Waals surface area contributed by atoms with E-state index in [1.807, 2.05) is 12.1 Å². The SMILES string of the molecule is Oc1ccc2ccnc(NCC3CC(Cl)C3)c2c1. The van der Waals surface area contributed by atoms with Crippen molar-refractivity contribution in [1.82, 2.24) is 4.98 Å². The Bertz CT molecular complexity index is 567. The molecule has 4 heteroatoms. The third-order valence-corrected chi connectivity index (χ3v) is 3.84. The number of pyridine rings is 1. The summed E-state index contributed by atoms with van der Waals surface area (Å²) in [6.07, 6.45) is 3.93. The van der Waals surface area contributed by atoms with Gasteiger partial charge in [0.2, 0.25) is 0 Å². The highest BCUT2D eigenvalue weighted by Gasteiger charge is 2.26. The van der Waals surface area contributed by atoms with E-state index in [2.05, 4.69) is 10.3 Å². The van der Waals surface area contributed by atoms with Gasteiger partial charge < -0.3 is 10.4 Å². The van der Waals surface area contributed by atoms with Gasteiger partial charge in [-0.15, -0.1) is 11.6 Å². The minimum atomic E-state index is 0.267. The highest BCUT2D eigenvalue weighted by molar-refractivity contribution is 6.21. The van der Waals surface area contributed by atoms with Gasteiger partial charge in [0.1, 0.15) is 11.6 Å². The van der Waals surface area contributed by atoms with Crippen LogP contribution in [0.4, 0.5) is 5.82 Å². The molecule has 3 nitrogen and oxygen atoms in total. The Hall–Kier alpha value is -1.48. The molecule has 1 aliphatic rings. The number of hydrogen-bond acceptors (Lipinski definition) is 3. The Kier molecular flexibility index (Phi) is 3.00. The van der Waals surface area contributed by atoms with E-state index in [0.29, 0.717) is 11.3 Å². The Morgan fingerprint density at radius 2 is 2.17 bits per heavy atom. The Morgan fingerprint density at radius 1 is 1.33 bits per heavy atom. The average molecular weight is 263 g/mol. The molecule has 0 atom stereocenters. The fraction of sp³-hybridized carbons (Fsp3) is 0.357. The first-order chi connectivity index (χ1) is 8.72. The van der Waals surface area contributed by atoms with Gasteiger partial charge >= 0.3 is 0 Å². The van der Waals surface area contributed by atoms with E-state index in [-0.39, 0.29) is 5.75 Å². The van der Waals surface area contributed by atoms with Crippen LogP contribution in [-0.2, 0) is 0 Å². The number of alkyl halides is 1. The lowest BCUT2D eigenvalue weighted by Gasteiger charge is -2.31. The summed E-state index contributed by atoms with van der Waals surface area (Å²) in [4.78, 5) is 4.34. The van der Waals surface area contributed by atoms with Crippen molar-refractivity contribution in [3.8, 4) is 5.75 Å². The fourth-order valence-electron chi connectivity index (χ4n) is 2.36. The second-order valence-electron chi connectivity index (χ2n) is 4.88. The van der Waals surface area contributed by atoms with Crippen LogP contribution in [0.2, 0.25) is 0 Å². The molecule has 0 aliphatic heterocycles. The number of fused-ring (bicyclic) bond motifs is 1. The van der Waals surface area contributed by atoms with Crippen LogP contribution < -0.4 is 5.32 Å². The van der Waals surface area contributed by atoms with Crippen molar-refractivity contribution in [3.63, 3.8) is 0 Å². The predicted molar refractivity (Wildman–Crippen MR) is 74.3 cm³/mol. The molecule has 2 N–H and O–H groups in total. The number of nitrogens with zero attached hydrogens (tertiary/aromatic N) is 1. The molecule has 1 aliphatic carbocycles. The van der Waals surface area contributed by atoms with Gasteiger partial charge in [-0.05, 0) is 42.3 Å². The zero-order chi connectivity index (χ0) is 12.5. The first-order valence-corrected chi connectivity index (χ1v) is 6.61. The van der Waals surface area contributed by atoms with Crippen LogP contribution in [0.25, 0.3) is 10.8 Å². The standard InChI is InChI=1S/C14H15ClN2O/c15-11-5-9(6-11)8-17-14-13-7-12(18)2-1-10(13)3-4-16-14/h1-4,7,9,11,18H,5-6,8H2,(H,16,17). The number of halogens is 1. The molecule has 1 aromatic carbocycles. The summed E-state index contributed by atoms with van der Waals surface area (Å²) in [5.74, 6) is 1.74. The molecular formula is C14H15ClN2O. The second kappa shape index (κ2) is 4.65. The smallest absolute Gasteiger partial charge is 0.133 e. The molecule has 1 aromatic heterocycles. The molecule has 1 fully saturated rings. The molecule has 18 heavy (non-hydrogen) atoms. The van der Waals surface area contributed by atoms with Crippen LogP contribution in [0.1, 0.15) is 12.8 Å². The van der Waals surface area contributed by atoms with E-state index in [0.717, 1.165) is 36.0 Å². The average Bonchev–Trinajstić information content (AvgIpc) is 2.33. The van der Waals surface area contributed by atoms with Gasteiger partial charge in [-0.25, -0.2) is 4.98 Å². The lowest BCUT2D eigenvalue weighted by atomic mass is 9.85. The van der Waals surface area contributed by atoms with Crippen molar-refractivity contribution < 1.29 is 5.11 Å². The number of hydrogen-bond donors (Lipinski definition) is 2. The summed E-state index contributed by atoms with van der Waals surface area (Å²) in [7, 11) is 0. The maximum Gasteiger partial charge on any atom is 0.133 e. The second-order valence-corrected chi connectivity index (χ2v) is 5.50. The maximum absolute atomic E-state index is 9.55. The number of phenolic OH excluding ortho intramolecular Hbond substituents is 1. The summed E-state index contributed by atoms with van der Waals surface area (Å²) in [6.45, 7) is 0.894. The van der Waals surface area contributed by atoms with E-state index < -0.39 is 0 Å². The monoisotopic (exact) mass is 262 g/mol. The molecule has 3 rings (SSSR count). The third-order valence-electron chi connectivity index (χ3n) is 3.49. The molecule has 1 heterocycles. The van der Waals surface area contributed by atoms with Crippen molar-refractivity contribution >= 4 is 28.2 Å². The van der Waals surface area contributed by atoms with Crippen molar-refractivity contribution in [2.75, 3.05) is 11.9 Å². The number of benzene rings is 1. The van der Waals surface area contributed by atoms with Crippen molar-refractivity contribution in [3.05, 3.63) is 30.5 Å². The molecule has 0 bridgehead atoms. The molecule has 2 aromatic rings. The number of phenols is 1. The molecular weight excluding hydrogens is 248 g/mol. The number of rotatable bonds is 3. The number of nitrogens with one attached hydrogen (secondary N) is 1. The summed E-state index contributed by atoms with van der Waals surface area (Å²) < 4.78 is 0. The molecule has 94 valence electrons. The maximum atomic E-state index is 9.55. The van der Waals surface area contributed by atoms with E-state index in [1.54, 1.807) is 18.3 Å². The molecule has 0 radical (unpaired) electrons. The topological polar surface area (TPSA) is 45.2 Å². The molecule has 0 spiro atoms. The molecule has 0 unspecified atom stereocenters. The highest BCUT2D eigenvalue weighted by Crippen LogP contribution is 2.32. The lowest BCUT2D eigenvalue weighted by Crippen LogP contribution is -2.30. The van der Waals surface area contributed by atoms with E-state index >= 15 is 0 Å². The Labute approximate surface area is 111 Å². The Morgan fingerprint density at radius 3 is 2.94 bits per heavy atom. The predicted octanol–water partition coefficient (Wildman–Crippen LogP) is 3.37. The quantitative estimate of drug-likeness (QED) is 0.834. The minimum Gasteiger partial charge on any atom is -0.508 e. The summed E-state index contributed by atoms with van der Waals surface area (Å²) in [5, 5.41) is 15.3. The lowest BCUT2D eigenvalue weighted by molar-refractivity contribution is 0.341. The fourth-order valence-corrected chi connectivity index (χ4v) is 2.86. The summed E-state index contributed by atoms with van der Waals surface area (Å²) in [5.41, 5.74) is 0. The van der Waals surface area contributed by atoms with E-state index in [1.165, 1.54) is 0 Å². The van der Waals surface area contributed by atoms with Gasteiger partial charge in [0.15, 0.2) is 0 Å². The molecule has 1 saturated carbocycles. The largest absolute Gasteiger partial charge is 0.508 e. The highest BCUT2D eigenvalue weighted by atomic mass is 35.5. The van der Waals surface area contributed by atoms with Crippen LogP contribution >= 0.6 is 11.6 Å². The van der Waals surface area contributed by atoms with Crippen molar-refractivity contribution in [2.24, 2.45) is 5.92 Å². The van der Waals surface area contributed by atoms with Gasteiger partial charge in [-0.3, -0.25) is 0 Å². The van der Waals surface area contributed by atoms with Crippen LogP contribution in [0.3, 0.4) is 0 Å². The minimum absolute atomic E-state index is 0.267. The van der Waals surface area contributed by atoms with Crippen molar-refractivity contribution in [1.29, 1.82) is 0 Å². The third kappa shape index (κ3) is 2.23.